The summed E-state index contributed by atoms with van der Waals surface area (Å²) in [5.74, 6) is -1.75. The second-order valence-corrected chi connectivity index (χ2v) is 2.62. The van der Waals surface area contributed by atoms with Crippen LogP contribution in [0.25, 0.3) is 0 Å². The molecular weight excluding hydrogens is 202 g/mol. The fourth-order valence-electron chi connectivity index (χ4n) is 1.03. The summed E-state index contributed by atoms with van der Waals surface area (Å²) < 4.78 is 4.30. The zero-order valence-corrected chi connectivity index (χ0v) is 7.85. The summed E-state index contributed by atoms with van der Waals surface area (Å²) in [6.07, 6.45) is -0.803. The Morgan fingerprint density at radius 1 is 1.40 bits per heavy atom. The SMILES string of the molecule is COC(=O)Nc1cccc(O)c1C(=O)O. The molecule has 0 spiro atoms. The van der Waals surface area contributed by atoms with E-state index in [9.17, 15) is 14.7 Å². The molecule has 0 aliphatic rings. The summed E-state index contributed by atoms with van der Waals surface area (Å²) in [4.78, 5) is 21.6. The Bertz CT molecular complexity index is 401. The van der Waals surface area contributed by atoms with Crippen molar-refractivity contribution in [1.29, 1.82) is 0 Å². The number of methoxy groups -OCH3 is 1. The van der Waals surface area contributed by atoms with Gasteiger partial charge in [-0.1, -0.05) is 6.07 Å². The van der Waals surface area contributed by atoms with E-state index in [1.165, 1.54) is 18.2 Å². The molecule has 0 aliphatic carbocycles. The molecule has 80 valence electrons. The van der Waals surface area contributed by atoms with Gasteiger partial charge in [-0.15, -0.1) is 0 Å². The van der Waals surface area contributed by atoms with Gasteiger partial charge in [-0.25, -0.2) is 9.59 Å². The van der Waals surface area contributed by atoms with Gasteiger partial charge in [-0.2, -0.15) is 0 Å². The number of aromatic hydroxyl groups is 1. The topological polar surface area (TPSA) is 95.9 Å². The molecule has 0 bridgehead atoms. The number of carboxylic acids is 1. The highest BCUT2D eigenvalue weighted by Gasteiger charge is 2.16. The maximum atomic E-state index is 10.9. The maximum Gasteiger partial charge on any atom is 0.411 e. The highest BCUT2D eigenvalue weighted by molar-refractivity contribution is 6.01. The number of carboxylic acid groups (broad SMARTS) is 1. The molecule has 0 aliphatic heterocycles. The van der Waals surface area contributed by atoms with Crippen LogP contribution < -0.4 is 5.32 Å². The van der Waals surface area contributed by atoms with Gasteiger partial charge in [-0.05, 0) is 12.1 Å². The molecule has 0 saturated carbocycles. The van der Waals surface area contributed by atoms with Gasteiger partial charge in [0, 0.05) is 0 Å². The minimum atomic E-state index is -1.33. The third-order valence-corrected chi connectivity index (χ3v) is 1.68. The van der Waals surface area contributed by atoms with Crippen molar-refractivity contribution in [3.8, 4) is 5.75 Å². The number of anilines is 1. The molecule has 1 aromatic rings. The molecule has 1 aromatic carbocycles. The Labute approximate surface area is 85.1 Å². The molecule has 0 radical (unpaired) electrons. The van der Waals surface area contributed by atoms with E-state index in [4.69, 9.17) is 5.11 Å². The molecule has 0 unspecified atom stereocenters. The van der Waals surface area contributed by atoms with E-state index in [0.717, 1.165) is 7.11 Å². The molecule has 0 atom stereocenters. The summed E-state index contributed by atoms with van der Waals surface area (Å²) >= 11 is 0. The highest BCUT2D eigenvalue weighted by atomic mass is 16.5. The van der Waals surface area contributed by atoms with Crippen LogP contribution in [0.3, 0.4) is 0 Å². The zero-order valence-electron chi connectivity index (χ0n) is 7.85. The molecular formula is C9H9NO5. The molecule has 1 rings (SSSR count). The van der Waals surface area contributed by atoms with Crippen LogP contribution in [0.1, 0.15) is 10.4 Å². The van der Waals surface area contributed by atoms with Crippen molar-refractivity contribution in [2.75, 3.05) is 12.4 Å². The number of ether oxygens (including phenoxy) is 1. The van der Waals surface area contributed by atoms with Crippen molar-refractivity contribution < 1.29 is 24.5 Å². The Hall–Kier alpha value is -2.24. The number of hydrogen-bond acceptors (Lipinski definition) is 4. The van der Waals surface area contributed by atoms with E-state index in [-0.39, 0.29) is 11.3 Å². The first-order valence-corrected chi connectivity index (χ1v) is 3.96. The van der Waals surface area contributed by atoms with Crippen LogP contribution in [0.15, 0.2) is 18.2 Å². The lowest BCUT2D eigenvalue weighted by Gasteiger charge is -2.08. The molecule has 0 fully saturated rings. The molecule has 1 amide bonds. The average molecular weight is 211 g/mol. The standard InChI is InChI=1S/C9H9NO5/c1-15-9(14)10-5-3-2-4-6(11)7(5)8(12)13/h2-4,11H,1H3,(H,10,14)(H,12,13). The third kappa shape index (κ3) is 2.37. The van der Waals surface area contributed by atoms with Gasteiger partial charge in [0.25, 0.3) is 0 Å². The van der Waals surface area contributed by atoms with Gasteiger partial charge < -0.3 is 14.9 Å². The van der Waals surface area contributed by atoms with E-state index in [0.29, 0.717) is 0 Å². The van der Waals surface area contributed by atoms with Crippen molar-refractivity contribution in [1.82, 2.24) is 0 Å². The monoisotopic (exact) mass is 211 g/mol. The first-order chi connectivity index (χ1) is 7.06. The lowest BCUT2D eigenvalue weighted by atomic mass is 10.1. The van der Waals surface area contributed by atoms with E-state index in [2.05, 4.69) is 10.1 Å². The second kappa shape index (κ2) is 4.32. The number of phenols is 1. The van der Waals surface area contributed by atoms with E-state index in [1.807, 2.05) is 0 Å². The first-order valence-electron chi connectivity index (χ1n) is 3.96. The summed E-state index contributed by atoms with van der Waals surface area (Å²) in [7, 11) is 1.15. The number of benzene rings is 1. The highest BCUT2D eigenvalue weighted by Crippen LogP contribution is 2.25. The lowest BCUT2D eigenvalue weighted by molar-refractivity contribution is 0.0695. The molecule has 6 nitrogen and oxygen atoms in total. The van der Waals surface area contributed by atoms with Gasteiger partial charge in [0.15, 0.2) is 0 Å². The van der Waals surface area contributed by atoms with Crippen LogP contribution in [0.4, 0.5) is 10.5 Å². The predicted molar refractivity (Wildman–Crippen MR) is 51.1 cm³/mol. The Morgan fingerprint density at radius 2 is 2.07 bits per heavy atom. The fraction of sp³-hybridized carbons (Fsp3) is 0.111. The number of carbonyl (C=O) groups is 2. The van der Waals surface area contributed by atoms with E-state index < -0.39 is 17.8 Å². The van der Waals surface area contributed by atoms with Crippen LogP contribution in [0.2, 0.25) is 0 Å². The number of rotatable bonds is 2. The second-order valence-electron chi connectivity index (χ2n) is 2.62. The third-order valence-electron chi connectivity index (χ3n) is 1.68. The minimum absolute atomic E-state index is 0.0191. The summed E-state index contributed by atoms with van der Waals surface area (Å²) in [6, 6.07) is 3.97. The zero-order chi connectivity index (χ0) is 11.4. The van der Waals surface area contributed by atoms with Crippen molar-refractivity contribution >= 4 is 17.7 Å². The molecule has 0 aromatic heterocycles. The molecule has 6 heteroatoms. The van der Waals surface area contributed by atoms with Crippen LogP contribution in [-0.4, -0.2) is 29.4 Å². The normalized spacial score (nSPS) is 9.40. The Morgan fingerprint density at radius 3 is 2.60 bits per heavy atom. The number of aromatic carboxylic acids is 1. The minimum Gasteiger partial charge on any atom is -0.507 e. The van der Waals surface area contributed by atoms with Gasteiger partial charge in [0.2, 0.25) is 0 Å². The number of carbonyl (C=O) groups excluding carboxylic acids is 1. The Balaban J connectivity index is 3.11. The molecule has 0 saturated heterocycles. The van der Waals surface area contributed by atoms with E-state index in [1.54, 1.807) is 0 Å². The quantitative estimate of drug-likeness (QED) is 0.684. The van der Waals surface area contributed by atoms with Crippen molar-refractivity contribution in [2.45, 2.75) is 0 Å². The largest absolute Gasteiger partial charge is 0.507 e. The van der Waals surface area contributed by atoms with Crippen LogP contribution >= 0.6 is 0 Å². The maximum absolute atomic E-state index is 10.9. The number of nitrogens with one attached hydrogen (secondary N) is 1. The summed E-state index contributed by atoms with van der Waals surface area (Å²) in [5, 5.41) is 20.2. The lowest BCUT2D eigenvalue weighted by Crippen LogP contribution is -2.14. The van der Waals surface area contributed by atoms with Gasteiger partial charge >= 0.3 is 12.1 Å². The van der Waals surface area contributed by atoms with Crippen molar-refractivity contribution in [3.05, 3.63) is 23.8 Å². The molecule has 15 heavy (non-hydrogen) atoms. The first kappa shape index (κ1) is 10.8. The van der Waals surface area contributed by atoms with Gasteiger partial charge in [-0.3, -0.25) is 5.32 Å². The van der Waals surface area contributed by atoms with Gasteiger partial charge in [0.1, 0.15) is 11.3 Å². The smallest absolute Gasteiger partial charge is 0.411 e. The summed E-state index contributed by atoms with van der Waals surface area (Å²) in [6.45, 7) is 0. The van der Waals surface area contributed by atoms with Gasteiger partial charge in [0.05, 0.1) is 12.8 Å². The summed E-state index contributed by atoms with van der Waals surface area (Å²) in [5.41, 5.74) is -0.391. The van der Waals surface area contributed by atoms with Crippen LogP contribution in [0.5, 0.6) is 5.75 Å². The van der Waals surface area contributed by atoms with Crippen LogP contribution in [0, 0.1) is 0 Å². The number of hydrogen-bond donors (Lipinski definition) is 3. The van der Waals surface area contributed by atoms with Crippen molar-refractivity contribution in [3.63, 3.8) is 0 Å². The molecule has 3 N–H and O–H groups in total. The Kier molecular flexibility index (Phi) is 3.12. The van der Waals surface area contributed by atoms with Crippen molar-refractivity contribution in [2.24, 2.45) is 0 Å². The van der Waals surface area contributed by atoms with E-state index >= 15 is 0 Å². The van der Waals surface area contributed by atoms with Crippen LogP contribution in [-0.2, 0) is 4.74 Å². The predicted octanol–water partition coefficient (Wildman–Crippen LogP) is 1.27. The number of amides is 1. The fourth-order valence-corrected chi connectivity index (χ4v) is 1.03. The molecule has 0 heterocycles. The average Bonchev–Trinajstić information content (AvgIpc) is 2.17.